The zero-order valence-corrected chi connectivity index (χ0v) is 14.7. The number of carbonyl (C=O) groups excluding carboxylic acids is 2. The number of ether oxygens (including phenoxy) is 2. The summed E-state index contributed by atoms with van der Waals surface area (Å²) in [6.07, 6.45) is 6.40. The first kappa shape index (κ1) is 18.9. The molecule has 25 heavy (non-hydrogen) atoms. The number of methoxy groups -OCH3 is 2. The molecule has 4 atom stereocenters. The molecule has 134 valence electrons. The van der Waals surface area contributed by atoms with Crippen molar-refractivity contribution in [2.75, 3.05) is 20.8 Å². The first-order valence-electron chi connectivity index (χ1n) is 8.34. The van der Waals surface area contributed by atoms with Crippen LogP contribution >= 0.6 is 0 Å². The summed E-state index contributed by atoms with van der Waals surface area (Å²) in [4.78, 5) is 24.9. The van der Waals surface area contributed by atoms with E-state index < -0.39 is 5.92 Å². The van der Waals surface area contributed by atoms with Crippen molar-refractivity contribution in [3.63, 3.8) is 0 Å². The summed E-state index contributed by atoms with van der Waals surface area (Å²) >= 11 is 0. The van der Waals surface area contributed by atoms with Crippen molar-refractivity contribution in [3.8, 4) is 0 Å². The summed E-state index contributed by atoms with van der Waals surface area (Å²) < 4.78 is 10.0. The van der Waals surface area contributed by atoms with Crippen LogP contribution in [0.5, 0.6) is 0 Å². The predicted octanol–water partition coefficient (Wildman–Crippen LogP) is 2.60. The minimum Gasteiger partial charge on any atom is -0.469 e. The van der Waals surface area contributed by atoms with Gasteiger partial charge in [0.2, 0.25) is 0 Å². The summed E-state index contributed by atoms with van der Waals surface area (Å²) in [6.45, 7) is 4.33. The van der Waals surface area contributed by atoms with Crippen molar-refractivity contribution in [2.45, 2.75) is 12.5 Å². The second-order valence-electron chi connectivity index (χ2n) is 6.10. The molecule has 0 heterocycles. The lowest BCUT2D eigenvalue weighted by Gasteiger charge is -2.24. The van der Waals surface area contributed by atoms with Gasteiger partial charge in [0.25, 0.3) is 5.91 Å². The molecule has 1 aliphatic rings. The van der Waals surface area contributed by atoms with E-state index in [4.69, 9.17) is 9.47 Å². The highest BCUT2D eigenvalue weighted by Crippen LogP contribution is 2.39. The zero-order valence-electron chi connectivity index (χ0n) is 14.7. The van der Waals surface area contributed by atoms with E-state index >= 15 is 0 Å². The summed E-state index contributed by atoms with van der Waals surface area (Å²) in [6, 6.07) is 8.62. The van der Waals surface area contributed by atoms with E-state index in [0.717, 1.165) is 6.42 Å². The number of hydrogen-bond acceptors (Lipinski definition) is 4. The van der Waals surface area contributed by atoms with Crippen LogP contribution in [0.1, 0.15) is 16.8 Å². The van der Waals surface area contributed by atoms with Gasteiger partial charge in [-0.25, -0.2) is 0 Å². The molecule has 5 heteroatoms. The fraction of sp³-hybridized carbons (Fsp3) is 0.400. The molecule has 0 aliphatic heterocycles. The van der Waals surface area contributed by atoms with Crippen LogP contribution in [0, 0.1) is 17.8 Å². The standard InChI is InChI=1S/C20H25NO4/c1-4-14-13-16(11-8-12-24-2)18(17(14)20(23)25-3)21-19(22)15-9-6-5-7-10-15/h4-11,14,16-18H,1,12-13H2,2-3H3,(H,21,22)/b11-8-/t14-,16+,17-,18-/m1/s1. The van der Waals surface area contributed by atoms with E-state index in [1.807, 2.05) is 30.4 Å². The maximum Gasteiger partial charge on any atom is 0.311 e. The van der Waals surface area contributed by atoms with Crippen molar-refractivity contribution in [3.05, 3.63) is 60.7 Å². The smallest absolute Gasteiger partial charge is 0.311 e. The predicted molar refractivity (Wildman–Crippen MR) is 96.0 cm³/mol. The molecule has 0 bridgehead atoms. The van der Waals surface area contributed by atoms with Crippen molar-refractivity contribution < 1.29 is 19.1 Å². The van der Waals surface area contributed by atoms with E-state index in [0.29, 0.717) is 12.2 Å². The van der Waals surface area contributed by atoms with Crippen LogP contribution in [0.15, 0.2) is 55.1 Å². The molecule has 1 amide bonds. The molecule has 2 rings (SSSR count). The number of carbonyl (C=O) groups is 2. The third-order valence-corrected chi connectivity index (χ3v) is 4.61. The summed E-state index contributed by atoms with van der Waals surface area (Å²) in [5.74, 6) is -1.02. The molecular formula is C20H25NO4. The Kier molecular flexibility index (Phi) is 6.95. The second-order valence-corrected chi connectivity index (χ2v) is 6.10. The SMILES string of the molecule is C=C[C@@H]1C[C@H](/C=C\COC)[C@@H](NC(=O)c2ccccc2)[C@@H]1C(=O)OC. The van der Waals surface area contributed by atoms with Crippen LogP contribution in [0.25, 0.3) is 0 Å². The average Bonchev–Trinajstić information content (AvgIpc) is 2.99. The van der Waals surface area contributed by atoms with Crippen LogP contribution in [0.4, 0.5) is 0 Å². The Morgan fingerprint density at radius 1 is 1.24 bits per heavy atom. The number of allylic oxidation sites excluding steroid dienone is 1. The molecule has 0 spiro atoms. The molecule has 1 aromatic carbocycles. The minimum absolute atomic E-state index is 0.00918. The number of rotatable bonds is 7. The van der Waals surface area contributed by atoms with Gasteiger partial charge in [-0.1, -0.05) is 36.4 Å². The normalized spacial score (nSPS) is 25.7. The Morgan fingerprint density at radius 3 is 2.56 bits per heavy atom. The van der Waals surface area contributed by atoms with Crippen molar-refractivity contribution in [1.29, 1.82) is 0 Å². The van der Waals surface area contributed by atoms with Gasteiger partial charge in [-0.05, 0) is 30.4 Å². The number of nitrogens with one attached hydrogen (secondary N) is 1. The molecule has 1 N–H and O–H groups in total. The topological polar surface area (TPSA) is 64.6 Å². The summed E-state index contributed by atoms with van der Waals surface area (Å²) in [7, 11) is 2.99. The average molecular weight is 343 g/mol. The summed E-state index contributed by atoms with van der Waals surface area (Å²) in [5, 5.41) is 3.02. The Balaban J connectivity index is 2.25. The highest BCUT2D eigenvalue weighted by atomic mass is 16.5. The van der Waals surface area contributed by atoms with Gasteiger partial charge in [0.1, 0.15) is 0 Å². The van der Waals surface area contributed by atoms with Crippen LogP contribution < -0.4 is 5.32 Å². The Hall–Kier alpha value is -2.40. The van der Waals surface area contributed by atoms with E-state index in [2.05, 4.69) is 11.9 Å². The van der Waals surface area contributed by atoms with Gasteiger partial charge in [-0.3, -0.25) is 9.59 Å². The van der Waals surface area contributed by atoms with Gasteiger partial charge in [-0.15, -0.1) is 6.58 Å². The van der Waals surface area contributed by atoms with Crippen LogP contribution in [-0.2, 0) is 14.3 Å². The Labute approximate surface area is 148 Å². The van der Waals surface area contributed by atoms with E-state index in [1.54, 1.807) is 25.3 Å². The molecule has 1 saturated carbocycles. The molecule has 1 fully saturated rings. The highest BCUT2D eigenvalue weighted by molar-refractivity contribution is 5.94. The Bertz CT molecular complexity index is 626. The van der Waals surface area contributed by atoms with E-state index in [9.17, 15) is 9.59 Å². The number of hydrogen-bond donors (Lipinski definition) is 1. The maximum atomic E-state index is 12.6. The quantitative estimate of drug-likeness (QED) is 0.610. The molecule has 1 aliphatic carbocycles. The second kappa shape index (κ2) is 9.18. The molecule has 0 aromatic heterocycles. The van der Waals surface area contributed by atoms with Gasteiger partial charge in [-0.2, -0.15) is 0 Å². The van der Waals surface area contributed by atoms with Gasteiger partial charge in [0.05, 0.1) is 19.6 Å². The number of esters is 1. The molecule has 5 nitrogen and oxygen atoms in total. The lowest BCUT2D eigenvalue weighted by Crippen LogP contribution is -2.45. The van der Waals surface area contributed by atoms with Gasteiger partial charge >= 0.3 is 5.97 Å². The van der Waals surface area contributed by atoms with E-state index in [1.165, 1.54) is 7.11 Å². The van der Waals surface area contributed by atoms with Gasteiger partial charge in [0.15, 0.2) is 0 Å². The van der Waals surface area contributed by atoms with Crippen molar-refractivity contribution in [2.24, 2.45) is 17.8 Å². The lowest BCUT2D eigenvalue weighted by molar-refractivity contribution is -0.146. The number of benzene rings is 1. The third kappa shape index (κ3) is 4.57. The highest BCUT2D eigenvalue weighted by Gasteiger charge is 2.46. The fourth-order valence-electron chi connectivity index (χ4n) is 3.39. The minimum atomic E-state index is -0.452. The monoisotopic (exact) mass is 343 g/mol. The van der Waals surface area contributed by atoms with Crippen molar-refractivity contribution in [1.82, 2.24) is 5.32 Å². The zero-order chi connectivity index (χ0) is 18.2. The summed E-state index contributed by atoms with van der Waals surface area (Å²) in [5.41, 5.74) is 0.563. The fourth-order valence-corrected chi connectivity index (χ4v) is 3.39. The van der Waals surface area contributed by atoms with Crippen LogP contribution in [-0.4, -0.2) is 38.7 Å². The molecule has 1 aromatic rings. The van der Waals surface area contributed by atoms with E-state index in [-0.39, 0.29) is 29.8 Å². The first-order chi connectivity index (χ1) is 12.1. The maximum absolute atomic E-state index is 12.6. The van der Waals surface area contributed by atoms with Crippen LogP contribution in [0.3, 0.4) is 0 Å². The molecule has 0 saturated heterocycles. The van der Waals surface area contributed by atoms with Crippen LogP contribution in [0.2, 0.25) is 0 Å². The number of amides is 1. The third-order valence-electron chi connectivity index (χ3n) is 4.61. The largest absolute Gasteiger partial charge is 0.469 e. The molecule has 0 unspecified atom stereocenters. The first-order valence-corrected chi connectivity index (χ1v) is 8.34. The molecule has 0 radical (unpaired) electrons. The van der Waals surface area contributed by atoms with Gasteiger partial charge in [0, 0.05) is 18.7 Å². The van der Waals surface area contributed by atoms with Gasteiger partial charge < -0.3 is 14.8 Å². The molecular weight excluding hydrogens is 318 g/mol. The Morgan fingerprint density at radius 2 is 1.96 bits per heavy atom. The van der Waals surface area contributed by atoms with Crippen molar-refractivity contribution >= 4 is 11.9 Å². The lowest BCUT2D eigenvalue weighted by atomic mass is 9.92.